The molecule has 0 saturated heterocycles. The SMILES string of the molecule is COc1cc(C=Nc2ccc(C)c(Cl)c2)ccc1OCc1ccccc1Cl. The zero-order valence-electron chi connectivity index (χ0n) is 15.1. The molecular formula is C22H19Cl2NO2. The molecule has 0 spiro atoms. The summed E-state index contributed by atoms with van der Waals surface area (Å²) in [5.74, 6) is 1.28. The van der Waals surface area contributed by atoms with Gasteiger partial charge in [0, 0.05) is 21.8 Å². The Hall–Kier alpha value is -2.49. The maximum atomic E-state index is 6.17. The molecule has 3 rings (SSSR count). The summed E-state index contributed by atoms with van der Waals surface area (Å²) in [6.45, 7) is 2.33. The summed E-state index contributed by atoms with van der Waals surface area (Å²) in [7, 11) is 1.61. The van der Waals surface area contributed by atoms with Gasteiger partial charge in [-0.3, -0.25) is 4.99 Å². The molecule has 0 saturated carbocycles. The van der Waals surface area contributed by atoms with Crippen molar-refractivity contribution in [2.75, 3.05) is 7.11 Å². The molecule has 3 aromatic rings. The van der Waals surface area contributed by atoms with E-state index in [2.05, 4.69) is 4.99 Å². The van der Waals surface area contributed by atoms with Crippen molar-refractivity contribution >= 4 is 35.1 Å². The van der Waals surface area contributed by atoms with Gasteiger partial charge in [0.1, 0.15) is 6.61 Å². The standard InChI is InChI=1S/C22H19Cl2NO2/c1-15-7-9-18(12-20(15)24)25-13-16-8-10-21(22(11-16)26-2)27-14-17-5-3-4-6-19(17)23/h3-13H,14H2,1-2H3. The van der Waals surface area contributed by atoms with Crippen LogP contribution in [0.2, 0.25) is 10.0 Å². The first-order valence-electron chi connectivity index (χ1n) is 8.41. The highest BCUT2D eigenvalue weighted by molar-refractivity contribution is 6.31. The second-order valence-electron chi connectivity index (χ2n) is 5.98. The van der Waals surface area contributed by atoms with Crippen LogP contribution in [-0.4, -0.2) is 13.3 Å². The fourth-order valence-electron chi connectivity index (χ4n) is 2.47. The van der Waals surface area contributed by atoms with Crippen molar-refractivity contribution in [3.05, 3.63) is 87.4 Å². The summed E-state index contributed by atoms with van der Waals surface area (Å²) in [4.78, 5) is 4.47. The maximum Gasteiger partial charge on any atom is 0.161 e. The van der Waals surface area contributed by atoms with Gasteiger partial charge in [-0.1, -0.05) is 47.5 Å². The maximum absolute atomic E-state index is 6.17. The van der Waals surface area contributed by atoms with Crippen molar-refractivity contribution in [3.63, 3.8) is 0 Å². The second-order valence-corrected chi connectivity index (χ2v) is 6.80. The van der Waals surface area contributed by atoms with Crippen molar-refractivity contribution in [2.24, 2.45) is 4.99 Å². The molecule has 5 heteroatoms. The zero-order valence-corrected chi connectivity index (χ0v) is 16.6. The molecule has 0 aliphatic rings. The Morgan fingerprint density at radius 2 is 1.74 bits per heavy atom. The van der Waals surface area contributed by atoms with E-state index in [0.29, 0.717) is 28.2 Å². The second kappa shape index (κ2) is 8.94. The quantitative estimate of drug-likeness (QED) is 0.434. The van der Waals surface area contributed by atoms with Crippen LogP contribution < -0.4 is 9.47 Å². The van der Waals surface area contributed by atoms with Crippen LogP contribution >= 0.6 is 23.2 Å². The monoisotopic (exact) mass is 399 g/mol. The van der Waals surface area contributed by atoms with Gasteiger partial charge in [0.05, 0.1) is 12.8 Å². The first kappa shape index (κ1) is 19.3. The van der Waals surface area contributed by atoms with Crippen LogP contribution in [0, 0.1) is 6.92 Å². The first-order chi connectivity index (χ1) is 13.1. The van der Waals surface area contributed by atoms with Gasteiger partial charge < -0.3 is 9.47 Å². The van der Waals surface area contributed by atoms with E-state index in [0.717, 1.165) is 22.4 Å². The number of benzene rings is 3. The molecule has 0 atom stereocenters. The fourth-order valence-corrected chi connectivity index (χ4v) is 2.83. The molecule has 138 valence electrons. The molecule has 0 radical (unpaired) electrons. The number of aryl methyl sites for hydroxylation is 1. The zero-order chi connectivity index (χ0) is 19.2. The van der Waals surface area contributed by atoms with Gasteiger partial charge in [-0.05, 0) is 54.4 Å². The van der Waals surface area contributed by atoms with Crippen LogP contribution in [0.1, 0.15) is 16.7 Å². The van der Waals surface area contributed by atoms with Gasteiger partial charge in [-0.2, -0.15) is 0 Å². The number of hydrogen-bond donors (Lipinski definition) is 0. The minimum Gasteiger partial charge on any atom is -0.493 e. The third kappa shape index (κ3) is 5.03. The Balaban J connectivity index is 1.74. The number of ether oxygens (including phenoxy) is 2. The lowest BCUT2D eigenvalue weighted by Crippen LogP contribution is -1.99. The average molecular weight is 400 g/mol. The van der Waals surface area contributed by atoms with Gasteiger partial charge in [0.2, 0.25) is 0 Å². The molecule has 0 fully saturated rings. The third-order valence-electron chi connectivity index (χ3n) is 4.05. The predicted octanol–water partition coefficient (Wildman–Crippen LogP) is 6.64. The van der Waals surface area contributed by atoms with Crippen LogP contribution in [0.15, 0.2) is 65.7 Å². The van der Waals surface area contributed by atoms with Crippen molar-refractivity contribution in [2.45, 2.75) is 13.5 Å². The third-order valence-corrected chi connectivity index (χ3v) is 4.82. The largest absolute Gasteiger partial charge is 0.493 e. The van der Waals surface area contributed by atoms with Gasteiger partial charge in [0.25, 0.3) is 0 Å². The summed E-state index contributed by atoms with van der Waals surface area (Å²) < 4.78 is 11.3. The molecule has 3 aromatic carbocycles. The number of methoxy groups -OCH3 is 1. The number of aliphatic imine (C=N–C) groups is 1. The number of halogens is 2. The van der Waals surface area contributed by atoms with Crippen LogP contribution in [0.25, 0.3) is 0 Å². The molecule has 27 heavy (non-hydrogen) atoms. The topological polar surface area (TPSA) is 30.8 Å². The summed E-state index contributed by atoms with van der Waals surface area (Å²) >= 11 is 12.3. The summed E-state index contributed by atoms with van der Waals surface area (Å²) in [5, 5.41) is 1.38. The van der Waals surface area contributed by atoms with Crippen molar-refractivity contribution < 1.29 is 9.47 Å². The van der Waals surface area contributed by atoms with Crippen LogP contribution in [0.4, 0.5) is 5.69 Å². The Labute approximate surface area is 169 Å². The lowest BCUT2D eigenvalue weighted by atomic mass is 10.2. The van der Waals surface area contributed by atoms with E-state index >= 15 is 0 Å². The van der Waals surface area contributed by atoms with Crippen LogP contribution in [-0.2, 0) is 6.61 Å². The average Bonchev–Trinajstić information content (AvgIpc) is 2.68. The molecule has 0 aliphatic heterocycles. The van der Waals surface area contributed by atoms with E-state index in [1.165, 1.54) is 0 Å². The number of nitrogens with zero attached hydrogens (tertiary/aromatic N) is 1. The van der Waals surface area contributed by atoms with E-state index in [1.807, 2.05) is 67.6 Å². The van der Waals surface area contributed by atoms with Crippen LogP contribution in [0.3, 0.4) is 0 Å². The Morgan fingerprint density at radius 1 is 0.926 bits per heavy atom. The molecule has 0 aliphatic carbocycles. The minimum atomic E-state index is 0.366. The molecule has 0 amide bonds. The molecule has 0 N–H and O–H groups in total. The molecular weight excluding hydrogens is 381 g/mol. The normalized spacial score (nSPS) is 11.0. The van der Waals surface area contributed by atoms with Crippen molar-refractivity contribution in [1.82, 2.24) is 0 Å². The van der Waals surface area contributed by atoms with Crippen molar-refractivity contribution in [1.29, 1.82) is 0 Å². The highest BCUT2D eigenvalue weighted by atomic mass is 35.5. The van der Waals surface area contributed by atoms with Crippen molar-refractivity contribution in [3.8, 4) is 11.5 Å². The van der Waals surface area contributed by atoms with E-state index in [4.69, 9.17) is 32.7 Å². The first-order valence-corrected chi connectivity index (χ1v) is 9.17. The predicted molar refractivity (Wildman–Crippen MR) is 112 cm³/mol. The van der Waals surface area contributed by atoms with E-state index in [9.17, 15) is 0 Å². The number of hydrogen-bond acceptors (Lipinski definition) is 3. The van der Waals surface area contributed by atoms with E-state index < -0.39 is 0 Å². The Kier molecular flexibility index (Phi) is 6.38. The highest BCUT2D eigenvalue weighted by Crippen LogP contribution is 2.29. The summed E-state index contributed by atoms with van der Waals surface area (Å²) in [5.41, 5.74) is 3.64. The highest BCUT2D eigenvalue weighted by Gasteiger charge is 2.07. The molecule has 0 aromatic heterocycles. The lowest BCUT2D eigenvalue weighted by Gasteiger charge is -2.12. The van der Waals surface area contributed by atoms with Gasteiger partial charge in [-0.15, -0.1) is 0 Å². The van der Waals surface area contributed by atoms with Gasteiger partial charge >= 0.3 is 0 Å². The molecule has 0 heterocycles. The summed E-state index contributed by atoms with van der Waals surface area (Å²) in [6.07, 6.45) is 1.77. The fraction of sp³-hybridized carbons (Fsp3) is 0.136. The Morgan fingerprint density at radius 3 is 2.48 bits per heavy atom. The van der Waals surface area contributed by atoms with Gasteiger partial charge in [0.15, 0.2) is 11.5 Å². The number of rotatable bonds is 6. The lowest BCUT2D eigenvalue weighted by molar-refractivity contribution is 0.284. The smallest absolute Gasteiger partial charge is 0.161 e. The van der Waals surface area contributed by atoms with E-state index in [1.54, 1.807) is 13.3 Å². The Bertz CT molecular complexity index is 970. The molecule has 3 nitrogen and oxygen atoms in total. The van der Waals surface area contributed by atoms with Crippen LogP contribution in [0.5, 0.6) is 11.5 Å². The van der Waals surface area contributed by atoms with Gasteiger partial charge in [-0.25, -0.2) is 0 Å². The minimum absolute atomic E-state index is 0.366. The molecule has 0 unspecified atom stereocenters. The molecule has 0 bridgehead atoms. The van der Waals surface area contributed by atoms with E-state index in [-0.39, 0.29) is 0 Å². The summed E-state index contributed by atoms with van der Waals surface area (Å²) in [6, 6.07) is 19.0.